The number of hydrogen-bond donors (Lipinski definition) is 2. The van der Waals surface area contributed by atoms with Gasteiger partial charge in [0, 0.05) is 32.2 Å². The van der Waals surface area contributed by atoms with E-state index in [2.05, 4.69) is 5.32 Å². The fraction of sp³-hybridized carbons (Fsp3) is 0.429. The minimum atomic E-state index is -0.156. The molecule has 5 nitrogen and oxygen atoms in total. The van der Waals surface area contributed by atoms with E-state index in [4.69, 9.17) is 5.73 Å². The number of benzene rings is 1. The molecular weight excluding hydrogens is 242 g/mol. The number of amides is 2. The molecule has 0 fully saturated rings. The first-order valence-corrected chi connectivity index (χ1v) is 6.23. The lowest BCUT2D eigenvalue weighted by Gasteiger charge is -2.11. The minimum absolute atomic E-state index is 0.0498. The number of nitrogens with two attached hydrogens (primary N) is 1. The lowest BCUT2D eigenvalue weighted by Crippen LogP contribution is -2.24. The van der Waals surface area contributed by atoms with Crippen LogP contribution in [0.25, 0.3) is 0 Å². The van der Waals surface area contributed by atoms with Crippen molar-refractivity contribution in [1.82, 2.24) is 4.90 Å². The maximum atomic E-state index is 11.5. The van der Waals surface area contributed by atoms with Crippen molar-refractivity contribution in [2.45, 2.75) is 25.8 Å². The van der Waals surface area contributed by atoms with Gasteiger partial charge in [0.05, 0.1) is 6.42 Å². The van der Waals surface area contributed by atoms with Gasteiger partial charge >= 0.3 is 0 Å². The van der Waals surface area contributed by atoms with Crippen LogP contribution in [0.3, 0.4) is 0 Å². The lowest BCUT2D eigenvalue weighted by molar-refractivity contribution is -0.128. The van der Waals surface area contributed by atoms with Crippen molar-refractivity contribution in [3.05, 3.63) is 29.8 Å². The predicted molar refractivity (Wildman–Crippen MR) is 75.7 cm³/mol. The van der Waals surface area contributed by atoms with Crippen molar-refractivity contribution < 1.29 is 9.59 Å². The van der Waals surface area contributed by atoms with Crippen molar-refractivity contribution in [1.29, 1.82) is 0 Å². The number of carbonyl (C=O) groups excluding carboxylic acids is 2. The Morgan fingerprint density at radius 2 is 1.84 bits per heavy atom. The molecule has 1 rings (SSSR count). The summed E-state index contributed by atoms with van der Waals surface area (Å²) in [4.78, 5) is 24.6. The van der Waals surface area contributed by atoms with E-state index in [0.29, 0.717) is 18.5 Å². The van der Waals surface area contributed by atoms with Gasteiger partial charge in [-0.15, -0.1) is 0 Å². The van der Waals surface area contributed by atoms with E-state index in [-0.39, 0.29) is 17.9 Å². The molecule has 3 N–H and O–H groups in total. The van der Waals surface area contributed by atoms with Crippen molar-refractivity contribution >= 4 is 17.5 Å². The Balaban J connectivity index is 2.57. The molecule has 1 atom stereocenters. The molecule has 0 radical (unpaired) electrons. The molecule has 0 spiro atoms. The summed E-state index contributed by atoms with van der Waals surface area (Å²) >= 11 is 0. The number of nitrogens with one attached hydrogen (secondary N) is 1. The smallest absolute Gasteiger partial charge is 0.226 e. The number of anilines is 1. The second kappa shape index (κ2) is 6.89. The quantitative estimate of drug-likeness (QED) is 0.832. The molecule has 2 amide bonds. The number of rotatable bonds is 5. The van der Waals surface area contributed by atoms with Gasteiger partial charge in [-0.3, -0.25) is 9.59 Å². The number of carbonyl (C=O) groups is 2. The summed E-state index contributed by atoms with van der Waals surface area (Å²) in [6.07, 6.45) is 0.655. The van der Waals surface area contributed by atoms with E-state index in [9.17, 15) is 9.59 Å². The highest BCUT2D eigenvalue weighted by atomic mass is 16.2. The first-order chi connectivity index (χ1) is 8.88. The average Bonchev–Trinajstić information content (AvgIpc) is 2.30. The van der Waals surface area contributed by atoms with Gasteiger partial charge in [0.25, 0.3) is 0 Å². The number of hydrogen-bond acceptors (Lipinski definition) is 3. The number of likely N-dealkylation sites (N-methyl/N-ethyl adjacent to an activating group) is 1. The van der Waals surface area contributed by atoms with Crippen LogP contribution >= 0.6 is 0 Å². The molecule has 0 saturated carbocycles. The Morgan fingerprint density at radius 1 is 1.26 bits per heavy atom. The molecule has 1 aromatic carbocycles. The highest BCUT2D eigenvalue weighted by Gasteiger charge is 2.07. The zero-order chi connectivity index (χ0) is 14.4. The van der Waals surface area contributed by atoms with Crippen molar-refractivity contribution in [3.63, 3.8) is 0 Å². The van der Waals surface area contributed by atoms with Crippen molar-refractivity contribution in [2.24, 2.45) is 5.73 Å². The summed E-state index contributed by atoms with van der Waals surface area (Å²) in [5, 5.41) is 2.76. The summed E-state index contributed by atoms with van der Waals surface area (Å²) in [7, 11) is 3.45. The molecule has 0 heterocycles. The molecule has 0 bridgehead atoms. The maximum absolute atomic E-state index is 11.5. The Hall–Kier alpha value is -1.88. The van der Waals surface area contributed by atoms with Gasteiger partial charge in [0.1, 0.15) is 0 Å². The van der Waals surface area contributed by atoms with E-state index in [1.807, 2.05) is 12.1 Å². The van der Waals surface area contributed by atoms with Gasteiger partial charge in [-0.05, 0) is 24.6 Å². The Bertz CT molecular complexity index is 439. The second-order valence-corrected chi connectivity index (χ2v) is 4.89. The monoisotopic (exact) mass is 263 g/mol. The molecule has 104 valence electrons. The molecule has 1 unspecified atom stereocenters. The van der Waals surface area contributed by atoms with Crippen LogP contribution in [0, 0.1) is 0 Å². The summed E-state index contributed by atoms with van der Waals surface area (Å²) in [6.45, 7) is 1.79. The Kier molecular flexibility index (Phi) is 5.51. The van der Waals surface area contributed by atoms with E-state index in [0.717, 1.165) is 5.56 Å². The Morgan fingerprint density at radius 3 is 2.32 bits per heavy atom. The first kappa shape index (κ1) is 15.2. The highest BCUT2D eigenvalue weighted by molar-refractivity contribution is 5.91. The summed E-state index contributed by atoms with van der Waals surface area (Å²) in [6, 6.07) is 7.09. The van der Waals surface area contributed by atoms with Crippen LogP contribution in [0.4, 0.5) is 5.69 Å². The standard InChI is InChI=1S/C14H21N3O2/c1-10(15)8-13(18)16-12-6-4-11(5-7-12)9-14(19)17(2)3/h4-7,10H,8-9,15H2,1-3H3,(H,16,18). The molecule has 0 aliphatic heterocycles. The summed E-state index contributed by atoms with van der Waals surface area (Å²) < 4.78 is 0. The van der Waals surface area contributed by atoms with Crippen LogP contribution in [-0.4, -0.2) is 36.9 Å². The van der Waals surface area contributed by atoms with E-state index >= 15 is 0 Å². The van der Waals surface area contributed by atoms with E-state index in [1.165, 1.54) is 0 Å². The third kappa shape index (κ3) is 5.52. The third-order valence-corrected chi connectivity index (χ3v) is 2.60. The average molecular weight is 263 g/mol. The fourth-order valence-electron chi connectivity index (χ4n) is 1.54. The fourth-order valence-corrected chi connectivity index (χ4v) is 1.54. The van der Waals surface area contributed by atoms with Crippen LogP contribution < -0.4 is 11.1 Å². The van der Waals surface area contributed by atoms with Crippen LogP contribution in [0.15, 0.2) is 24.3 Å². The van der Waals surface area contributed by atoms with Gasteiger partial charge in [0.15, 0.2) is 0 Å². The van der Waals surface area contributed by atoms with E-state index < -0.39 is 0 Å². The van der Waals surface area contributed by atoms with Crippen LogP contribution in [0.2, 0.25) is 0 Å². The van der Waals surface area contributed by atoms with Gasteiger partial charge in [-0.25, -0.2) is 0 Å². The lowest BCUT2D eigenvalue weighted by atomic mass is 10.1. The zero-order valence-electron chi connectivity index (χ0n) is 11.6. The van der Waals surface area contributed by atoms with Crippen molar-refractivity contribution in [3.8, 4) is 0 Å². The first-order valence-electron chi connectivity index (χ1n) is 6.23. The zero-order valence-corrected chi connectivity index (χ0v) is 11.6. The maximum Gasteiger partial charge on any atom is 0.226 e. The highest BCUT2D eigenvalue weighted by Crippen LogP contribution is 2.11. The number of nitrogens with zero attached hydrogens (tertiary/aromatic N) is 1. The van der Waals surface area contributed by atoms with Gasteiger partial charge in [-0.1, -0.05) is 12.1 Å². The summed E-state index contributed by atoms with van der Waals surface area (Å²) in [5.74, 6) is -0.0548. The molecule has 0 aliphatic carbocycles. The molecule has 19 heavy (non-hydrogen) atoms. The van der Waals surface area contributed by atoms with Gasteiger partial charge in [-0.2, -0.15) is 0 Å². The topological polar surface area (TPSA) is 75.4 Å². The van der Waals surface area contributed by atoms with Gasteiger partial charge in [0.2, 0.25) is 11.8 Å². The Labute approximate surface area is 113 Å². The molecular formula is C14H21N3O2. The largest absolute Gasteiger partial charge is 0.349 e. The molecule has 1 aromatic rings. The SMILES string of the molecule is CC(N)CC(=O)Nc1ccc(CC(=O)N(C)C)cc1. The molecule has 5 heteroatoms. The molecule has 0 aromatic heterocycles. The second-order valence-electron chi connectivity index (χ2n) is 4.89. The molecule has 0 saturated heterocycles. The van der Waals surface area contributed by atoms with E-state index in [1.54, 1.807) is 38.1 Å². The van der Waals surface area contributed by atoms with Gasteiger partial charge < -0.3 is 16.0 Å². The third-order valence-electron chi connectivity index (χ3n) is 2.60. The normalized spacial score (nSPS) is 11.8. The predicted octanol–water partition coefficient (Wildman–Crippen LogP) is 0.993. The summed E-state index contributed by atoms with van der Waals surface area (Å²) in [5.41, 5.74) is 7.19. The van der Waals surface area contributed by atoms with Crippen LogP contribution in [0.1, 0.15) is 18.9 Å². The minimum Gasteiger partial charge on any atom is -0.349 e. The van der Waals surface area contributed by atoms with Crippen LogP contribution in [0.5, 0.6) is 0 Å². The van der Waals surface area contributed by atoms with Crippen molar-refractivity contribution in [2.75, 3.05) is 19.4 Å². The van der Waals surface area contributed by atoms with Crippen LogP contribution in [-0.2, 0) is 16.0 Å². The molecule has 0 aliphatic rings.